The van der Waals surface area contributed by atoms with Crippen molar-refractivity contribution in [1.29, 1.82) is 0 Å². The van der Waals surface area contributed by atoms with Gasteiger partial charge in [0.1, 0.15) is 11.3 Å². The number of phenols is 1. The quantitative estimate of drug-likeness (QED) is 0.457. The van der Waals surface area contributed by atoms with E-state index >= 15 is 0 Å². The van der Waals surface area contributed by atoms with Gasteiger partial charge in [0, 0.05) is 35.2 Å². The minimum absolute atomic E-state index is 0.107. The number of ether oxygens (including phenoxy) is 1. The van der Waals surface area contributed by atoms with Crippen LogP contribution in [0, 0.1) is 0 Å². The molecule has 0 radical (unpaired) electrons. The van der Waals surface area contributed by atoms with Crippen LogP contribution in [0.5, 0.6) is 5.75 Å². The highest BCUT2D eigenvalue weighted by atomic mass is 16.5. The van der Waals surface area contributed by atoms with Gasteiger partial charge in [0.05, 0.1) is 18.2 Å². The fourth-order valence-electron chi connectivity index (χ4n) is 3.38. The first-order valence-corrected chi connectivity index (χ1v) is 9.67. The number of carbonyl (C=O) groups excluding carboxylic acids is 1. The van der Waals surface area contributed by atoms with Gasteiger partial charge in [-0.25, -0.2) is 4.79 Å². The molecule has 0 amide bonds. The van der Waals surface area contributed by atoms with E-state index in [4.69, 9.17) is 4.74 Å². The fourth-order valence-corrected chi connectivity index (χ4v) is 3.38. The van der Waals surface area contributed by atoms with Gasteiger partial charge in [0.2, 0.25) is 0 Å². The highest BCUT2D eigenvalue weighted by molar-refractivity contribution is 5.90. The Labute approximate surface area is 174 Å². The predicted molar refractivity (Wildman–Crippen MR) is 116 cm³/mol. The highest BCUT2D eigenvalue weighted by Gasteiger charge is 2.20. The first-order chi connectivity index (χ1) is 14.7. The number of carbonyl (C=O) groups is 1. The Morgan fingerprint density at radius 3 is 2.77 bits per heavy atom. The molecule has 6 nitrogen and oxygen atoms in total. The zero-order valence-electron chi connectivity index (χ0n) is 16.4. The third-order valence-electron chi connectivity index (χ3n) is 4.79. The number of aromatic nitrogens is 2. The van der Waals surface area contributed by atoms with E-state index in [9.17, 15) is 9.90 Å². The number of benzene rings is 2. The molecule has 0 fully saturated rings. The molecule has 6 heteroatoms. The van der Waals surface area contributed by atoms with Gasteiger partial charge in [-0.3, -0.25) is 9.97 Å². The SMILES string of the molecule is CCOC(=O)c1cccc(N[C@H](c2cccnc2)c2ccc3cccnc3c2O)c1. The molecule has 4 rings (SSSR count). The van der Waals surface area contributed by atoms with Crippen LogP contribution in [0.1, 0.15) is 34.5 Å². The summed E-state index contributed by atoms with van der Waals surface area (Å²) in [6.07, 6.45) is 5.10. The standard InChI is InChI=1S/C24H21N3O3/c1-2-30-24(29)17-6-3-9-19(14-17)27-21(18-8-4-12-25-15-18)20-11-10-16-7-5-13-26-22(16)23(20)28/h3-15,21,27-28H,2H2,1H3/t21-/m1/s1. The van der Waals surface area contributed by atoms with Crippen molar-refractivity contribution >= 4 is 22.6 Å². The summed E-state index contributed by atoms with van der Waals surface area (Å²) in [7, 11) is 0. The Morgan fingerprint density at radius 1 is 1.10 bits per heavy atom. The van der Waals surface area contributed by atoms with E-state index in [2.05, 4.69) is 15.3 Å². The molecule has 1 atom stereocenters. The van der Waals surface area contributed by atoms with E-state index < -0.39 is 6.04 Å². The molecular formula is C24H21N3O3. The summed E-state index contributed by atoms with van der Waals surface area (Å²) in [5.41, 5.74) is 3.23. The Morgan fingerprint density at radius 2 is 1.97 bits per heavy atom. The summed E-state index contributed by atoms with van der Waals surface area (Å²) < 4.78 is 5.10. The number of hydrogen-bond donors (Lipinski definition) is 2. The summed E-state index contributed by atoms with van der Waals surface area (Å²) in [5, 5.41) is 15.2. The maximum atomic E-state index is 12.1. The Kier molecular flexibility index (Phi) is 5.57. The van der Waals surface area contributed by atoms with Gasteiger partial charge in [-0.2, -0.15) is 0 Å². The summed E-state index contributed by atoms with van der Waals surface area (Å²) in [5.74, 6) is -0.271. The number of phenolic OH excluding ortho intramolecular Hbond substituents is 1. The lowest BCUT2D eigenvalue weighted by atomic mass is 9.97. The molecule has 150 valence electrons. The average molecular weight is 399 g/mol. The monoisotopic (exact) mass is 399 g/mol. The summed E-state index contributed by atoms with van der Waals surface area (Å²) >= 11 is 0. The molecule has 0 aliphatic heterocycles. The van der Waals surface area contributed by atoms with Crippen LogP contribution in [0.4, 0.5) is 5.69 Å². The normalized spacial score (nSPS) is 11.8. The first kappa shape index (κ1) is 19.4. The van der Waals surface area contributed by atoms with Gasteiger partial charge < -0.3 is 15.2 Å². The van der Waals surface area contributed by atoms with E-state index in [1.807, 2.05) is 42.5 Å². The maximum Gasteiger partial charge on any atom is 0.338 e. The molecule has 2 heterocycles. The van der Waals surface area contributed by atoms with Crippen LogP contribution >= 0.6 is 0 Å². The van der Waals surface area contributed by atoms with E-state index in [1.54, 1.807) is 43.7 Å². The second kappa shape index (κ2) is 8.61. The van der Waals surface area contributed by atoms with Crippen molar-refractivity contribution in [2.24, 2.45) is 0 Å². The maximum absolute atomic E-state index is 12.1. The van der Waals surface area contributed by atoms with Crippen LogP contribution < -0.4 is 5.32 Å². The van der Waals surface area contributed by atoms with Crippen LogP contribution in [0.25, 0.3) is 10.9 Å². The number of anilines is 1. The highest BCUT2D eigenvalue weighted by Crippen LogP contribution is 2.36. The van der Waals surface area contributed by atoms with E-state index in [0.717, 1.165) is 16.6 Å². The number of pyridine rings is 2. The smallest absolute Gasteiger partial charge is 0.338 e. The van der Waals surface area contributed by atoms with Crippen molar-refractivity contribution in [1.82, 2.24) is 9.97 Å². The van der Waals surface area contributed by atoms with Crippen LogP contribution in [0.2, 0.25) is 0 Å². The molecule has 0 unspecified atom stereocenters. The van der Waals surface area contributed by atoms with Crippen molar-refractivity contribution in [2.45, 2.75) is 13.0 Å². The minimum atomic E-state index is -0.400. The summed E-state index contributed by atoms with van der Waals surface area (Å²) in [4.78, 5) is 20.7. The minimum Gasteiger partial charge on any atom is -0.505 e. The molecule has 0 bridgehead atoms. The van der Waals surface area contributed by atoms with Crippen LogP contribution in [-0.2, 0) is 4.74 Å². The van der Waals surface area contributed by atoms with Crippen LogP contribution in [0.3, 0.4) is 0 Å². The Hall–Kier alpha value is -3.93. The lowest BCUT2D eigenvalue weighted by molar-refractivity contribution is 0.0526. The van der Waals surface area contributed by atoms with Gasteiger partial charge in [-0.1, -0.05) is 30.3 Å². The van der Waals surface area contributed by atoms with E-state index in [0.29, 0.717) is 23.3 Å². The molecule has 0 saturated carbocycles. The van der Waals surface area contributed by atoms with Crippen molar-refractivity contribution in [3.8, 4) is 5.75 Å². The van der Waals surface area contributed by atoms with Gasteiger partial charge in [-0.05, 0) is 42.8 Å². The Bertz CT molecular complexity index is 1180. The number of rotatable bonds is 6. The van der Waals surface area contributed by atoms with Gasteiger partial charge in [-0.15, -0.1) is 0 Å². The van der Waals surface area contributed by atoms with E-state index in [-0.39, 0.29) is 11.7 Å². The van der Waals surface area contributed by atoms with Crippen LogP contribution in [-0.4, -0.2) is 27.7 Å². The average Bonchev–Trinajstić information content (AvgIpc) is 2.79. The fraction of sp³-hybridized carbons (Fsp3) is 0.125. The number of nitrogens with zero attached hydrogens (tertiary/aromatic N) is 2. The zero-order valence-corrected chi connectivity index (χ0v) is 16.4. The second-order valence-electron chi connectivity index (χ2n) is 6.74. The number of esters is 1. The third kappa shape index (κ3) is 3.93. The van der Waals surface area contributed by atoms with Gasteiger partial charge in [0.25, 0.3) is 0 Å². The second-order valence-corrected chi connectivity index (χ2v) is 6.74. The van der Waals surface area contributed by atoms with Crippen molar-refractivity contribution in [3.05, 3.63) is 95.9 Å². The largest absolute Gasteiger partial charge is 0.505 e. The number of aromatic hydroxyl groups is 1. The molecule has 4 aromatic rings. The molecular weight excluding hydrogens is 378 g/mol. The third-order valence-corrected chi connectivity index (χ3v) is 4.79. The predicted octanol–water partition coefficient (Wildman–Crippen LogP) is 4.71. The number of hydrogen-bond acceptors (Lipinski definition) is 6. The zero-order chi connectivity index (χ0) is 20.9. The van der Waals surface area contributed by atoms with E-state index in [1.165, 1.54) is 0 Å². The molecule has 2 N–H and O–H groups in total. The lowest BCUT2D eigenvalue weighted by Gasteiger charge is -2.22. The number of nitrogens with one attached hydrogen (secondary N) is 1. The van der Waals surface area contributed by atoms with Gasteiger partial charge >= 0.3 is 5.97 Å². The topological polar surface area (TPSA) is 84.3 Å². The molecule has 0 aliphatic rings. The lowest BCUT2D eigenvalue weighted by Crippen LogP contribution is -2.14. The molecule has 2 aromatic carbocycles. The Balaban J connectivity index is 1.77. The molecule has 0 aliphatic carbocycles. The summed E-state index contributed by atoms with van der Waals surface area (Å²) in [6.45, 7) is 2.09. The molecule has 0 saturated heterocycles. The van der Waals surface area contributed by atoms with Crippen LogP contribution in [0.15, 0.2) is 79.3 Å². The first-order valence-electron chi connectivity index (χ1n) is 9.67. The molecule has 2 aromatic heterocycles. The molecule has 30 heavy (non-hydrogen) atoms. The van der Waals surface area contributed by atoms with Gasteiger partial charge in [0.15, 0.2) is 0 Å². The van der Waals surface area contributed by atoms with Crippen molar-refractivity contribution in [2.75, 3.05) is 11.9 Å². The van der Waals surface area contributed by atoms with Crippen molar-refractivity contribution in [3.63, 3.8) is 0 Å². The number of fused-ring (bicyclic) bond motifs is 1. The van der Waals surface area contributed by atoms with Crippen molar-refractivity contribution < 1.29 is 14.6 Å². The summed E-state index contributed by atoms with van der Waals surface area (Å²) in [6, 6.07) is 18.0. The molecule has 0 spiro atoms.